The number of barbiturate groups is 1. The van der Waals surface area contributed by atoms with Crippen LogP contribution in [0.2, 0.25) is 5.02 Å². The van der Waals surface area contributed by atoms with Gasteiger partial charge in [-0.3, -0.25) is 19.4 Å². The maximum Gasteiger partial charge on any atom is 0.333 e. The van der Waals surface area contributed by atoms with Crippen LogP contribution in [0, 0.1) is 11.8 Å². The van der Waals surface area contributed by atoms with Crippen LogP contribution < -0.4 is 0 Å². The molecule has 1 unspecified atom stereocenters. The smallest absolute Gasteiger partial charge is 0.274 e. The van der Waals surface area contributed by atoms with E-state index in [0.717, 1.165) is 24.8 Å². The fourth-order valence-electron chi connectivity index (χ4n) is 4.88. The summed E-state index contributed by atoms with van der Waals surface area (Å²) in [5.41, 5.74) is 0.974. The Bertz CT molecular complexity index is 765. The molecule has 26 heavy (non-hydrogen) atoms. The number of carbonyl (C=O) groups excluding carboxylic acids is 3. The van der Waals surface area contributed by atoms with Gasteiger partial charge in [-0.25, -0.2) is 4.79 Å². The van der Waals surface area contributed by atoms with Gasteiger partial charge in [-0.15, -0.1) is 0 Å². The van der Waals surface area contributed by atoms with Crippen LogP contribution >= 0.6 is 11.6 Å². The van der Waals surface area contributed by atoms with Gasteiger partial charge in [0.25, 0.3) is 0 Å². The molecular weight excluding hydrogens is 352 g/mol. The third kappa shape index (κ3) is 3.02. The van der Waals surface area contributed by atoms with Gasteiger partial charge in [0.2, 0.25) is 11.8 Å². The minimum absolute atomic E-state index is 0.0224. The molecule has 0 N–H and O–H groups in total. The molecule has 1 aromatic carbocycles. The number of urea groups is 1. The van der Waals surface area contributed by atoms with Gasteiger partial charge >= 0.3 is 6.03 Å². The highest BCUT2D eigenvalue weighted by atomic mass is 35.5. The van der Waals surface area contributed by atoms with Crippen molar-refractivity contribution >= 4 is 29.4 Å². The molecule has 138 valence electrons. The number of hydrogen-bond acceptors (Lipinski definition) is 3. The lowest BCUT2D eigenvalue weighted by atomic mass is 9.93. The number of halogens is 1. The van der Waals surface area contributed by atoms with E-state index in [4.69, 9.17) is 11.6 Å². The first kappa shape index (κ1) is 17.5. The van der Waals surface area contributed by atoms with Gasteiger partial charge < -0.3 is 0 Å². The van der Waals surface area contributed by atoms with E-state index in [0.29, 0.717) is 16.9 Å². The maximum atomic E-state index is 13.0. The second-order valence-electron chi connectivity index (χ2n) is 7.93. The highest BCUT2D eigenvalue weighted by Gasteiger charge is 2.49. The molecule has 2 saturated carbocycles. The van der Waals surface area contributed by atoms with E-state index in [9.17, 15) is 14.4 Å². The first-order valence-electron chi connectivity index (χ1n) is 9.36. The highest BCUT2D eigenvalue weighted by Crippen LogP contribution is 2.47. The number of rotatable bonds is 4. The molecule has 1 aromatic rings. The summed E-state index contributed by atoms with van der Waals surface area (Å²) in [6.07, 6.45) is 4.08. The molecule has 0 radical (unpaired) electrons. The SMILES string of the molecule is CC(CN1C(=O)CC(=O)N([C@@H]2C[C@@H]3CC[C@H]2C3)C1=O)c1cccc(Cl)c1. The Morgan fingerprint density at radius 1 is 1.15 bits per heavy atom. The third-order valence-electron chi connectivity index (χ3n) is 6.22. The van der Waals surface area contributed by atoms with E-state index in [1.54, 1.807) is 6.07 Å². The van der Waals surface area contributed by atoms with Crippen molar-refractivity contribution in [3.63, 3.8) is 0 Å². The summed E-state index contributed by atoms with van der Waals surface area (Å²) in [7, 11) is 0. The van der Waals surface area contributed by atoms with Crippen molar-refractivity contribution in [1.29, 1.82) is 0 Å². The number of carbonyl (C=O) groups is 3. The zero-order valence-corrected chi connectivity index (χ0v) is 15.6. The van der Waals surface area contributed by atoms with Crippen LogP contribution in [0.25, 0.3) is 0 Å². The minimum Gasteiger partial charge on any atom is -0.274 e. The van der Waals surface area contributed by atoms with Gasteiger partial charge in [0.1, 0.15) is 6.42 Å². The van der Waals surface area contributed by atoms with Crippen LogP contribution in [0.15, 0.2) is 24.3 Å². The molecule has 2 aliphatic carbocycles. The predicted molar refractivity (Wildman–Crippen MR) is 97.7 cm³/mol. The lowest BCUT2D eigenvalue weighted by molar-refractivity contribution is -0.144. The molecule has 4 atom stereocenters. The molecule has 0 aromatic heterocycles. The lowest BCUT2D eigenvalue weighted by Crippen LogP contribution is -2.59. The Hall–Kier alpha value is -1.88. The van der Waals surface area contributed by atoms with Crippen molar-refractivity contribution in [3.8, 4) is 0 Å². The minimum atomic E-state index is -0.433. The van der Waals surface area contributed by atoms with E-state index in [1.165, 1.54) is 16.2 Å². The molecule has 4 amide bonds. The number of hydrogen-bond donors (Lipinski definition) is 0. The number of fused-ring (bicyclic) bond motifs is 2. The number of imide groups is 2. The molecule has 1 aliphatic heterocycles. The standard InChI is InChI=1S/C20H23ClN2O3/c1-12(14-3-2-4-16(21)9-14)11-22-18(24)10-19(25)23(20(22)26)17-8-13-5-6-15(17)7-13/h2-4,9,12-13,15,17H,5-8,10-11H2,1H3/t12?,13-,15+,17-/m1/s1. The second-order valence-corrected chi connectivity index (χ2v) is 8.36. The van der Waals surface area contributed by atoms with Gasteiger partial charge in [-0.2, -0.15) is 0 Å². The zero-order chi connectivity index (χ0) is 18.4. The van der Waals surface area contributed by atoms with Crippen molar-refractivity contribution in [2.75, 3.05) is 6.54 Å². The summed E-state index contributed by atoms with van der Waals surface area (Å²) in [6.45, 7) is 2.23. The Morgan fingerprint density at radius 3 is 2.62 bits per heavy atom. The predicted octanol–water partition coefficient (Wildman–Crippen LogP) is 3.81. The quantitative estimate of drug-likeness (QED) is 0.753. The number of amides is 4. The Labute approximate surface area is 158 Å². The average molecular weight is 375 g/mol. The van der Waals surface area contributed by atoms with Gasteiger partial charge in [0.05, 0.1) is 0 Å². The fourth-order valence-corrected chi connectivity index (χ4v) is 5.08. The molecule has 1 saturated heterocycles. The van der Waals surface area contributed by atoms with Crippen LogP contribution in [0.1, 0.15) is 50.5 Å². The summed E-state index contributed by atoms with van der Waals surface area (Å²) >= 11 is 6.05. The molecule has 3 aliphatic rings. The van der Waals surface area contributed by atoms with Crippen molar-refractivity contribution < 1.29 is 14.4 Å². The normalized spacial score (nSPS) is 29.6. The summed E-state index contributed by atoms with van der Waals surface area (Å²) in [4.78, 5) is 40.6. The number of benzene rings is 1. The molecule has 3 fully saturated rings. The van der Waals surface area contributed by atoms with Crippen molar-refractivity contribution in [2.45, 2.75) is 51.0 Å². The van der Waals surface area contributed by atoms with E-state index < -0.39 is 11.9 Å². The van der Waals surface area contributed by atoms with Gasteiger partial charge in [0.15, 0.2) is 0 Å². The van der Waals surface area contributed by atoms with Crippen molar-refractivity contribution in [2.24, 2.45) is 11.8 Å². The highest BCUT2D eigenvalue weighted by molar-refractivity contribution is 6.30. The fraction of sp³-hybridized carbons (Fsp3) is 0.550. The molecule has 0 spiro atoms. The Kier molecular flexibility index (Phi) is 4.51. The van der Waals surface area contributed by atoms with Crippen LogP contribution in [0.5, 0.6) is 0 Å². The molecule has 1 heterocycles. The van der Waals surface area contributed by atoms with Crippen LogP contribution in [-0.4, -0.2) is 40.2 Å². The average Bonchev–Trinajstić information content (AvgIpc) is 3.21. The van der Waals surface area contributed by atoms with Gasteiger partial charge in [-0.05, 0) is 54.7 Å². The van der Waals surface area contributed by atoms with Crippen molar-refractivity contribution in [1.82, 2.24) is 9.80 Å². The molecule has 4 rings (SSSR count). The van der Waals surface area contributed by atoms with Crippen LogP contribution in [0.3, 0.4) is 0 Å². The number of nitrogens with zero attached hydrogens (tertiary/aromatic N) is 2. The maximum absolute atomic E-state index is 13.0. The first-order valence-corrected chi connectivity index (χ1v) is 9.73. The zero-order valence-electron chi connectivity index (χ0n) is 14.9. The van der Waals surface area contributed by atoms with Crippen molar-refractivity contribution in [3.05, 3.63) is 34.9 Å². The summed E-state index contributed by atoms with van der Waals surface area (Å²) in [5.74, 6) is 0.268. The monoisotopic (exact) mass is 374 g/mol. The lowest BCUT2D eigenvalue weighted by Gasteiger charge is -2.39. The molecule has 6 heteroatoms. The summed E-state index contributed by atoms with van der Waals surface area (Å²) < 4.78 is 0. The third-order valence-corrected chi connectivity index (χ3v) is 6.45. The van der Waals surface area contributed by atoms with Gasteiger partial charge in [-0.1, -0.05) is 37.1 Å². The Morgan fingerprint density at radius 2 is 1.96 bits per heavy atom. The topological polar surface area (TPSA) is 57.7 Å². The molecular formula is C20H23ClN2O3. The molecule has 5 nitrogen and oxygen atoms in total. The Balaban J connectivity index is 1.53. The van der Waals surface area contributed by atoms with Crippen LogP contribution in [-0.2, 0) is 9.59 Å². The molecule has 2 bridgehead atoms. The van der Waals surface area contributed by atoms with E-state index in [-0.39, 0.29) is 30.8 Å². The largest absolute Gasteiger partial charge is 0.333 e. The van der Waals surface area contributed by atoms with Gasteiger partial charge in [0, 0.05) is 17.6 Å². The van der Waals surface area contributed by atoms with E-state index >= 15 is 0 Å². The van der Waals surface area contributed by atoms with E-state index in [1.807, 2.05) is 25.1 Å². The summed E-state index contributed by atoms with van der Waals surface area (Å²) in [5, 5.41) is 0.629. The second kappa shape index (κ2) is 6.69. The summed E-state index contributed by atoms with van der Waals surface area (Å²) in [6, 6.07) is 6.99. The first-order chi connectivity index (χ1) is 12.4. The van der Waals surface area contributed by atoms with E-state index in [2.05, 4.69) is 0 Å². The van der Waals surface area contributed by atoms with Crippen LogP contribution in [0.4, 0.5) is 4.79 Å².